The van der Waals surface area contributed by atoms with Gasteiger partial charge in [-0.1, -0.05) is 0 Å². The molecule has 0 spiro atoms. The molecule has 1 amide bonds. The molecule has 3 heterocycles. The number of aromatic nitrogens is 2. The standard InChI is InChI=1S/C21H21F3N4O2/c1-12(29)10-25-21(30)15-11-26-28-8-6-18(19(24)20(15)28)27-7-2-3-17(27)14-9-13(22)4-5-16(14)23/h4-6,8-9,11-12,17,29H,2-3,7,10H2,1H3,(H,25,30). The second-order valence-corrected chi connectivity index (χ2v) is 7.44. The van der Waals surface area contributed by atoms with Crippen LogP contribution in [-0.4, -0.2) is 39.8 Å². The summed E-state index contributed by atoms with van der Waals surface area (Å²) in [6, 6.07) is 4.26. The Labute approximate surface area is 170 Å². The Kier molecular flexibility index (Phi) is 5.38. The highest BCUT2D eigenvalue weighted by atomic mass is 19.1. The molecule has 4 rings (SSSR count). The maximum atomic E-state index is 15.5. The van der Waals surface area contributed by atoms with E-state index in [1.165, 1.54) is 29.9 Å². The van der Waals surface area contributed by atoms with Crippen molar-refractivity contribution in [3.05, 3.63) is 65.2 Å². The molecule has 1 fully saturated rings. The fraction of sp³-hybridized carbons (Fsp3) is 0.333. The maximum absolute atomic E-state index is 15.5. The molecule has 158 valence electrons. The summed E-state index contributed by atoms with van der Waals surface area (Å²) < 4.78 is 44.9. The molecule has 2 atom stereocenters. The van der Waals surface area contributed by atoms with E-state index in [0.29, 0.717) is 19.4 Å². The van der Waals surface area contributed by atoms with Crippen molar-refractivity contribution >= 4 is 17.1 Å². The van der Waals surface area contributed by atoms with Crippen molar-refractivity contribution in [1.29, 1.82) is 0 Å². The third kappa shape index (κ3) is 3.60. The summed E-state index contributed by atoms with van der Waals surface area (Å²) in [5, 5.41) is 15.9. The van der Waals surface area contributed by atoms with Gasteiger partial charge in [0.1, 0.15) is 17.2 Å². The van der Waals surface area contributed by atoms with Crippen LogP contribution in [-0.2, 0) is 0 Å². The van der Waals surface area contributed by atoms with Crippen LogP contribution < -0.4 is 10.2 Å². The lowest BCUT2D eigenvalue weighted by Crippen LogP contribution is -2.30. The van der Waals surface area contributed by atoms with Gasteiger partial charge in [0.25, 0.3) is 5.91 Å². The predicted molar refractivity (Wildman–Crippen MR) is 105 cm³/mol. The summed E-state index contributed by atoms with van der Waals surface area (Å²) in [6.45, 7) is 2.00. The van der Waals surface area contributed by atoms with Gasteiger partial charge in [-0.25, -0.2) is 17.7 Å². The van der Waals surface area contributed by atoms with Crippen LogP contribution in [0.3, 0.4) is 0 Å². The van der Waals surface area contributed by atoms with Crippen LogP contribution in [0, 0.1) is 17.5 Å². The topological polar surface area (TPSA) is 69.9 Å². The molecule has 1 aliphatic rings. The number of carbonyl (C=O) groups is 1. The summed E-state index contributed by atoms with van der Waals surface area (Å²) >= 11 is 0. The summed E-state index contributed by atoms with van der Waals surface area (Å²) in [7, 11) is 0. The average Bonchev–Trinajstić information content (AvgIpc) is 3.36. The lowest BCUT2D eigenvalue weighted by Gasteiger charge is -2.28. The quantitative estimate of drug-likeness (QED) is 0.668. The molecular formula is C21H21F3N4O2. The molecule has 0 saturated carbocycles. The molecule has 6 nitrogen and oxygen atoms in total. The van der Waals surface area contributed by atoms with E-state index in [1.54, 1.807) is 4.90 Å². The van der Waals surface area contributed by atoms with Gasteiger partial charge in [-0.2, -0.15) is 5.10 Å². The van der Waals surface area contributed by atoms with Gasteiger partial charge in [-0.15, -0.1) is 0 Å². The molecule has 0 aliphatic carbocycles. The van der Waals surface area contributed by atoms with Crippen LogP contribution in [0.25, 0.3) is 5.52 Å². The van der Waals surface area contributed by atoms with Gasteiger partial charge in [0.2, 0.25) is 0 Å². The number of nitrogens with one attached hydrogen (secondary N) is 1. The number of hydrogen-bond acceptors (Lipinski definition) is 4. The van der Waals surface area contributed by atoms with E-state index in [4.69, 9.17) is 0 Å². The van der Waals surface area contributed by atoms with Gasteiger partial charge in [0.05, 0.1) is 29.6 Å². The molecule has 1 aliphatic heterocycles. The van der Waals surface area contributed by atoms with Gasteiger partial charge >= 0.3 is 0 Å². The van der Waals surface area contributed by atoms with Crippen molar-refractivity contribution in [3.8, 4) is 0 Å². The molecule has 0 bridgehead atoms. The largest absolute Gasteiger partial charge is 0.392 e. The summed E-state index contributed by atoms with van der Waals surface area (Å²) in [5.41, 5.74) is 0.387. The first-order valence-corrected chi connectivity index (χ1v) is 9.70. The van der Waals surface area contributed by atoms with E-state index >= 15 is 4.39 Å². The summed E-state index contributed by atoms with van der Waals surface area (Å²) in [5.74, 6) is -2.32. The Balaban J connectivity index is 1.74. The van der Waals surface area contributed by atoms with Crippen molar-refractivity contribution in [2.45, 2.75) is 31.9 Å². The highest BCUT2D eigenvalue weighted by Gasteiger charge is 2.31. The van der Waals surface area contributed by atoms with Crippen LogP contribution in [0.1, 0.15) is 41.7 Å². The number of rotatable bonds is 5. The van der Waals surface area contributed by atoms with Crippen LogP contribution in [0.2, 0.25) is 0 Å². The van der Waals surface area contributed by atoms with Gasteiger partial charge in [-0.05, 0) is 44.0 Å². The SMILES string of the molecule is CC(O)CNC(=O)c1cnn2ccc(N3CCCC3c3cc(F)ccc3F)c(F)c12. The first-order valence-electron chi connectivity index (χ1n) is 9.70. The fourth-order valence-electron chi connectivity index (χ4n) is 3.90. The lowest BCUT2D eigenvalue weighted by molar-refractivity contribution is 0.0925. The van der Waals surface area contributed by atoms with E-state index in [1.807, 2.05) is 0 Å². The van der Waals surface area contributed by atoms with Crippen molar-refractivity contribution in [3.63, 3.8) is 0 Å². The van der Waals surface area contributed by atoms with Crippen molar-refractivity contribution in [2.24, 2.45) is 0 Å². The Morgan fingerprint density at radius 1 is 1.33 bits per heavy atom. The van der Waals surface area contributed by atoms with Crippen molar-refractivity contribution in [2.75, 3.05) is 18.0 Å². The third-order valence-corrected chi connectivity index (χ3v) is 5.28. The number of nitrogens with zero attached hydrogens (tertiary/aromatic N) is 3. The predicted octanol–water partition coefficient (Wildman–Crippen LogP) is 3.20. The highest BCUT2D eigenvalue weighted by molar-refractivity contribution is 6.01. The number of fused-ring (bicyclic) bond motifs is 1. The zero-order chi connectivity index (χ0) is 21.4. The Morgan fingerprint density at radius 3 is 2.90 bits per heavy atom. The lowest BCUT2D eigenvalue weighted by atomic mass is 10.0. The number of anilines is 1. The number of hydrogen-bond donors (Lipinski definition) is 2. The molecular weight excluding hydrogens is 397 g/mol. The smallest absolute Gasteiger partial charge is 0.255 e. The summed E-state index contributed by atoms with van der Waals surface area (Å²) in [4.78, 5) is 14.1. The second-order valence-electron chi connectivity index (χ2n) is 7.44. The van der Waals surface area contributed by atoms with Gasteiger partial charge in [-0.3, -0.25) is 4.79 Å². The van der Waals surface area contributed by atoms with Gasteiger partial charge in [0, 0.05) is 24.8 Å². The molecule has 1 aromatic carbocycles. The number of amides is 1. The van der Waals surface area contributed by atoms with Crippen LogP contribution in [0.5, 0.6) is 0 Å². The minimum Gasteiger partial charge on any atom is -0.392 e. The van der Waals surface area contributed by atoms with Crippen LogP contribution in [0.15, 0.2) is 36.7 Å². The molecule has 0 radical (unpaired) electrons. The van der Waals surface area contributed by atoms with Gasteiger partial charge < -0.3 is 15.3 Å². The van der Waals surface area contributed by atoms with E-state index in [2.05, 4.69) is 10.4 Å². The van der Waals surface area contributed by atoms with Crippen LogP contribution >= 0.6 is 0 Å². The van der Waals surface area contributed by atoms with E-state index in [-0.39, 0.29) is 28.9 Å². The average molecular weight is 418 g/mol. The molecule has 2 unspecified atom stereocenters. The first-order chi connectivity index (χ1) is 14.4. The number of aliphatic hydroxyl groups is 1. The zero-order valence-corrected chi connectivity index (χ0v) is 16.3. The monoisotopic (exact) mass is 418 g/mol. The maximum Gasteiger partial charge on any atom is 0.255 e. The van der Waals surface area contributed by atoms with E-state index in [0.717, 1.165) is 18.2 Å². The van der Waals surface area contributed by atoms with Gasteiger partial charge in [0.15, 0.2) is 5.82 Å². The molecule has 30 heavy (non-hydrogen) atoms. The number of carbonyl (C=O) groups excluding carboxylic acids is 1. The number of pyridine rings is 1. The number of benzene rings is 1. The number of aliphatic hydroxyl groups excluding tert-OH is 1. The highest BCUT2D eigenvalue weighted by Crippen LogP contribution is 2.39. The second kappa shape index (κ2) is 7.98. The zero-order valence-electron chi connectivity index (χ0n) is 16.3. The van der Waals surface area contributed by atoms with Crippen LogP contribution in [0.4, 0.5) is 18.9 Å². The van der Waals surface area contributed by atoms with E-state index < -0.39 is 35.5 Å². The molecule has 2 N–H and O–H groups in total. The molecule has 3 aromatic rings. The number of halogens is 3. The molecule has 2 aromatic heterocycles. The molecule has 9 heteroatoms. The Hall–Kier alpha value is -3.07. The molecule has 1 saturated heterocycles. The third-order valence-electron chi connectivity index (χ3n) is 5.28. The fourth-order valence-corrected chi connectivity index (χ4v) is 3.90. The van der Waals surface area contributed by atoms with Crippen molar-refractivity contribution < 1.29 is 23.1 Å². The normalized spacial score (nSPS) is 17.5. The Morgan fingerprint density at radius 2 is 2.13 bits per heavy atom. The minimum absolute atomic E-state index is 0.0130. The first kappa shape index (κ1) is 20.2. The van der Waals surface area contributed by atoms with E-state index in [9.17, 15) is 18.7 Å². The summed E-state index contributed by atoms with van der Waals surface area (Å²) in [6.07, 6.45) is 3.27. The van der Waals surface area contributed by atoms with Crippen molar-refractivity contribution in [1.82, 2.24) is 14.9 Å². The minimum atomic E-state index is -0.747. The Bertz CT molecular complexity index is 1100.